The van der Waals surface area contributed by atoms with Gasteiger partial charge >= 0.3 is 0 Å². The van der Waals surface area contributed by atoms with E-state index in [9.17, 15) is 5.11 Å². The van der Waals surface area contributed by atoms with E-state index in [4.69, 9.17) is 0 Å². The third-order valence-electron chi connectivity index (χ3n) is 5.38. The Bertz CT molecular complexity index is 233. The molecule has 0 radical (unpaired) electrons. The van der Waals surface area contributed by atoms with Crippen molar-refractivity contribution in [3.05, 3.63) is 0 Å². The number of rotatable bonds is 3. The van der Waals surface area contributed by atoms with Crippen LogP contribution in [0, 0.1) is 16.7 Å². The molecular formula is C13H25NO. The quantitative estimate of drug-likeness (QED) is 0.750. The van der Waals surface area contributed by atoms with Gasteiger partial charge in [0.05, 0.1) is 6.10 Å². The van der Waals surface area contributed by atoms with Gasteiger partial charge < -0.3 is 10.4 Å². The van der Waals surface area contributed by atoms with Crippen LogP contribution in [0.1, 0.15) is 47.0 Å². The van der Waals surface area contributed by atoms with E-state index < -0.39 is 0 Å². The van der Waals surface area contributed by atoms with Crippen molar-refractivity contribution in [3.63, 3.8) is 0 Å². The SMILES string of the molecule is CC1(C)C(CNC2CCCC2O)C1(C)C. The molecule has 0 aromatic rings. The summed E-state index contributed by atoms with van der Waals surface area (Å²) in [6, 6.07) is 0.359. The molecule has 0 aliphatic heterocycles. The zero-order valence-electron chi connectivity index (χ0n) is 10.5. The minimum absolute atomic E-state index is 0.102. The maximum atomic E-state index is 9.72. The molecule has 0 aromatic heterocycles. The zero-order valence-corrected chi connectivity index (χ0v) is 10.5. The standard InChI is InChI=1S/C13H25NO/c1-12(2)11(13(12,3)4)8-14-9-6-5-7-10(9)15/h9-11,14-15H,5-8H2,1-4H3. The Hall–Kier alpha value is -0.0800. The molecule has 2 aliphatic rings. The van der Waals surface area contributed by atoms with E-state index in [2.05, 4.69) is 33.0 Å². The van der Waals surface area contributed by atoms with Crippen LogP contribution in [0.25, 0.3) is 0 Å². The molecule has 0 amide bonds. The maximum absolute atomic E-state index is 9.72. The number of aliphatic hydroxyl groups excluding tert-OH is 1. The molecule has 15 heavy (non-hydrogen) atoms. The lowest BCUT2D eigenvalue weighted by molar-refractivity contribution is 0.148. The van der Waals surface area contributed by atoms with Crippen molar-refractivity contribution in [1.82, 2.24) is 5.32 Å². The minimum Gasteiger partial charge on any atom is -0.392 e. The fourth-order valence-electron chi connectivity index (χ4n) is 3.29. The molecule has 2 atom stereocenters. The fraction of sp³-hybridized carbons (Fsp3) is 1.00. The maximum Gasteiger partial charge on any atom is 0.0693 e. The van der Waals surface area contributed by atoms with Crippen molar-refractivity contribution in [3.8, 4) is 0 Å². The lowest BCUT2D eigenvalue weighted by Gasteiger charge is -2.17. The smallest absolute Gasteiger partial charge is 0.0693 e. The van der Waals surface area contributed by atoms with Gasteiger partial charge in [0.2, 0.25) is 0 Å². The summed E-state index contributed by atoms with van der Waals surface area (Å²) in [6.07, 6.45) is 3.20. The number of aliphatic hydroxyl groups is 1. The van der Waals surface area contributed by atoms with Gasteiger partial charge in [-0.05, 0) is 42.6 Å². The van der Waals surface area contributed by atoms with Crippen LogP contribution in [0.4, 0.5) is 0 Å². The van der Waals surface area contributed by atoms with Gasteiger partial charge in [0.15, 0.2) is 0 Å². The molecule has 0 bridgehead atoms. The highest BCUT2D eigenvalue weighted by atomic mass is 16.3. The Balaban J connectivity index is 1.81. The Morgan fingerprint density at radius 1 is 1.13 bits per heavy atom. The molecule has 2 fully saturated rings. The zero-order chi connectivity index (χ0) is 11.3. The first-order valence-electron chi connectivity index (χ1n) is 6.29. The first-order valence-corrected chi connectivity index (χ1v) is 6.29. The van der Waals surface area contributed by atoms with E-state index in [1.165, 1.54) is 6.42 Å². The van der Waals surface area contributed by atoms with Crippen molar-refractivity contribution < 1.29 is 5.11 Å². The van der Waals surface area contributed by atoms with Gasteiger partial charge in [0.25, 0.3) is 0 Å². The van der Waals surface area contributed by atoms with Gasteiger partial charge in [-0.15, -0.1) is 0 Å². The average Bonchev–Trinajstić information content (AvgIpc) is 2.49. The van der Waals surface area contributed by atoms with Gasteiger partial charge in [-0.1, -0.05) is 27.7 Å². The van der Waals surface area contributed by atoms with E-state index in [1.54, 1.807) is 0 Å². The van der Waals surface area contributed by atoms with Crippen LogP contribution in [0.3, 0.4) is 0 Å². The highest BCUT2D eigenvalue weighted by Crippen LogP contribution is 2.67. The topological polar surface area (TPSA) is 32.3 Å². The molecular weight excluding hydrogens is 186 g/mol. The van der Waals surface area contributed by atoms with Crippen molar-refractivity contribution in [2.45, 2.75) is 59.1 Å². The lowest BCUT2D eigenvalue weighted by atomic mass is 10.0. The summed E-state index contributed by atoms with van der Waals surface area (Å²) in [5, 5.41) is 13.3. The van der Waals surface area contributed by atoms with Gasteiger partial charge in [0.1, 0.15) is 0 Å². The van der Waals surface area contributed by atoms with Crippen LogP contribution in [-0.4, -0.2) is 23.8 Å². The fourth-order valence-corrected chi connectivity index (χ4v) is 3.29. The van der Waals surface area contributed by atoms with E-state index in [0.29, 0.717) is 16.9 Å². The minimum atomic E-state index is -0.102. The molecule has 88 valence electrons. The summed E-state index contributed by atoms with van der Waals surface area (Å²) in [5.41, 5.74) is 0.924. The van der Waals surface area contributed by atoms with Gasteiger partial charge in [-0.2, -0.15) is 0 Å². The second kappa shape index (κ2) is 3.46. The second-order valence-corrected chi connectivity index (χ2v) is 6.51. The predicted molar refractivity (Wildman–Crippen MR) is 62.7 cm³/mol. The predicted octanol–water partition coefficient (Wildman–Crippen LogP) is 2.17. The van der Waals surface area contributed by atoms with Crippen molar-refractivity contribution >= 4 is 0 Å². The monoisotopic (exact) mass is 211 g/mol. The molecule has 2 N–H and O–H groups in total. The van der Waals surface area contributed by atoms with Crippen molar-refractivity contribution in [2.24, 2.45) is 16.7 Å². The Morgan fingerprint density at radius 3 is 2.13 bits per heavy atom. The Kier molecular flexibility index (Phi) is 2.63. The first-order chi connectivity index (χ1) is 6.87. The number of hydrogen-bond donors (Lipinski definition) is 2. The molecule has 0 spiro atoms. The molecule has 2 heteroatoms. The van der Waals surface area contributed by atoms with Crippen LogP contribution >= 0.6 is 0 Å². The molecule has 0 aromatic carbocycles. The second-order valence-electron chi connectivity index (χ2n) is 6.51. The largest absolute Gasteiger partial charge is 0.392 e. The Morgan fingerprint density at radius 2 is 1.73 bits per heavy atom. The van der Waals surface area contributed by atoms with E-state index in [-0.39, 0.29) is 6.10 Å². The summed E-state index contributed by atoms with van der Waals surface area (Å²) in [7, 11) is 0. The summed E-state index contributed by atoms with van der Waals surface area (Å²) in [4.78, 5) is 0. The van der Waals surface area contributed by atoms with Gasteiger partial charge in [0, 0.05) is 6.04 Å². The normalized spacial score (nSPS) is 38.2. The van der Waals surface area contributed by atoms with Crippen LogP contribution in [0.15, 0.2) is 0 Å². The van der Waals surface area contributed by atoms with Gasteiger partial charge in [-0.3, -0.25) is 0 Å². The van der Waals surface area contributed by atoms with Crippen LogP contribution < -0.4 is 5.32 Å². The summed E-state index contributed by atoms with van der Waals surface area (Å²) >= 11 is 0. The van der Waals surface area contributed by atoms with Gasteiger partial charge in [-0.25, -0.2) is 0 Å². The molecule has 2 aliphatic carbocycles. The van der Waals surface area contributed by atoms with E-state index >= 15 is 0 Å². The first kappa shape index (κ1) is 11.4. The molecule has 2 rings (SSSR count). The molecule has 2 nitrogen and oxygen atoms in total. The highest BCUT2D eigenvalue weighted by molar-refractivity contribution is 5.13. The number of nitrogens with one attached hydrogen (secondary N) is 1. The van der Waals surface area contributed by atoms with E-state index in [1.807, 2.05) is 0 Å². The van der Waals surface area contributed by atoms with Crippen LogP contribution in [0.2, 0.25) is 0 Å². The molecule has 0 saturated heterocycles. The lowest BCUT2D eigenvalue weighted by Crippen LogP contribution is -2.37. The summed E-state index contributed by atoms with van der Waals surface area (Å²) < 4.78 is 0. The highest BCUT2D eigenvalue weighted by Gasteiger charge is 2.64. The summed E-state index contributed by atoms with van der Waals surface area (Å²) in [5.74, 6) is 0.762. The molecule has 0 heterocycles. The average molecular weight is 211 g/mol. The van der Waals surface area contributed by atoms with Crippen LogP contribution in [-0.2, 0) is 0 Å². The van der Waals surface area contributed by atoms with Crippen molar-refractivity contribution in [1.29, 1.82) is 0 Å². The number of hydrogen-bond acceptors (Lipinski definition) is 2. The van der Waals surface area contributed by atoms with Crippen molar-refractivity contribution in [2.75, 3.05) is 6.54 Å². The van der Waals surface area contributed by atoms with Crippen LogP contribution in [0.5, 0.6) is 0 Å². The molecule has 2 unspecified atom stereocenters. The molecule has 2 saturated carbocycles. The Labute approximate surface area is 93.5 Å². The third-order valence-corrected chi connectivity index (χ3v) is 5.38. The van der Waals surface area contributed by atoms with E-state index in [0.717, 1.165) is 25.3 Å². The third kappa shape index (κ3) is 1.72. The summed E-state index contributed by atoms with van der Waals surface area (Å²) in [6.45, 7) is 10.5.